The maximum atomic E-state index is 11.6. The van der Waals surface area contributed by atoms with Crippen molar-refractivity contribution in [3.8, 4) is 45.4 Å². The molecule has 1 unspecified atom stereocenters. The average Bonchev–Trinajstić information content (AvgIpc) is 3.76. The van der Waals surface area contributed by atoms with E-state index < -0.39 is 6.09 Å². The SMILES string of the molecule is COC(=O)NC1CCN(Cc2ncc(-c3cccc(-c4cccc(-c5cnc(CCC[C@@H]6CCC(=O)N6)c(OC)n5)c4Cl)c3Cl)nc2OC)C1. The molecule has 0 bridgehead atoms. The first-order chi connectivity index (χ1) is 24.3. The Morgan fingerprint density at radius 2 is 1.50 bits per heavy atom. The van der Waals surface area contributed by atoms with E-state index in [2.05, 4.69) is 20.5 Å². The molecule has 2 fully saturated rings. The van der Waals surface area contributed by atoms with Gasteiger partial charge >= 0.3 is 6.09 Å². The van der Waals surface area contributed by atoms with Gasteiger partial charge < -0.3 is 24.8 Å². The molecule has 4 heterocycles. The number of amides is 2. The van der Waals surface area contributed by atoms with Gasteiger partial charge in [0.25, 0.3) is 0 Å². The summed E-state index contributed by atoms with van der Waals surface area (Å²) >= 11 is 14.1. The molecule has 0 radical (unpaired) electrons. The van der Waals surface area contributed by atoms with Crippen molar-refractivity contribution in [1.29, 1.82) is 0 Å². The van der Waals surface area contributed by atoms with Gasteiger partial charge in [-0.15, -0.1) is 0 Å². The molecule has 2 aliphatic rings. The fourth-order valence-electron chi connectivity index (χ4n) is 6.48. The number of halogens is 2. The van der Waals surface area contributed by atoms with Crippen LogP contribution in [0.5, 0.6) is 11.8 Å². The largest absolute Gasteiger partial charge is 0.480 e. The molecule has 2 saturated heterocycles. The summed E-state index contributed by atoms with van der Waals surface area (Å²) in [7, 11) is 4.50. The third-order valence-corrected chi connectivity index (χ3v) is 9.87. The van der Waals surface area contributed by atoms with Gasteiger partial charge in [0.15, 0.2) is 0 Å². The van der Waals surface area contributed by atoms with Gasteiger partial charge in [0, 0.05) is 60.4 Å². The Bertz CT molecular complexity index is 1880. The molecule has 4 aromatic rings. The Balaban J connectivity index is 1.20. The Kier molecular flexibility index (Phi) is 11.3. The van der Waals surface area contributed by atoms with E-state index in [-0.39, 0.29) is 18.0 Å². The van der Waals surface area contributed by atoms with Gasteiger partial charge in [-0.2, -0.15) is 0 Å². The van der Waals surface area contributed by atoms with Crippen LogP contribution >= 0.6 is 23.2 Å². The second-order valence-electron chi connectivity index (χ2n) is 12.3. The maximum Gasteiger partial charge on any atom is 0.407 e. The maximum absolute atomic E-state index is 11.6. The quantitative estimate of drug-likeness (QED) is 0.176. The van der Waals surface area contributed by atoms with Crippen molar-refractivity contribution < 1.29 is 23.8 Å². The van der Waals surface area contributed by atoms with E-state index in [1.807, 2.05) is 36.4 Å². The summed E-state index contributed by atoms with van der Waals surface area (Å²) in [5.74, 6) is 0.958. The minimum Gasteiger partial charge on any atom is -0.480 e. The van der Waals surface area contributed by atoms with E-state index in [1.54, 1.807) is 26.6 Å². The summed E-state index contributed by atoms with van der Waals surface area (Å²) in [6, 6.07) is 11.6. The zero-order valence-electron chi connectivity index (χ0n) is 28.2. The van der Waals surface area contributed by atoms with Crippen molar-refractivity contribution in [2.45, 2.75) is 57.2 Å². The topological polar surface area (TPSA) is 141 Å². The molecule has 2 aliphatic heterocycles. The van der Waals surface area contributed by atoms with Crippen LogP contribution in [-0.2, 0) is 22.5 Å². The molecule has 2 aromatic carbocycles. The lowest BCUT2D eigenvalue weighted by Gasteiger charge is -2.18. The van der Waals surface area contributed by atoms with Gasteiger partial charge in [-0.25, -0.2) is 14.8 Å². The number of rotatable bonds is 12. The highest BCUT2D eigenvalue weighted by atomic mass is 35.5. The molecule has 0 aliphatic carbocycles. The van der Waals surface area contributed by atoms with Crippen LogP contribution in [0.2, 0.25) is 10.0 Å². The number of aromatic nitrogens is 4. The molecule has 6 rings (SSSR count). The number of benzene rings is 2. The van der Waals surface area contributed by atoms with Crippen LogP contribution in [-0.4, -0.2) is 83.3 Å². The predicted molar refractivity (Wildman–Crippen MR) is 190 cm³/mol. The van der Waals surface area contributed by atoms with Crippen molar-refractivity contribution in [2.24, 2.45) is 0 Å². The van der Waals surface area contributed by atoms with E-state index in [9.17, 15) is 9.59 Å². The standard InChI is InChI=1S/C36H39Cl2N7O5/c1-48-34-27(12-4-7-21-13-14-31(46)41-21)39-17-28(43-34)25-10-5-8-23(32(25)37)24-9-6-11-26(33(24)38)29-18-40-30(35(44-29)49-2)20-45-16-15-22(19-45)42-36(47)50-3/h5-6,8-11,17-18,21-22H,4,7,12-16,19-20H2,1-3H3,(H,41,46)(H,42,47)/t21-,22?/m1/s1. The molecular formula is C36H39Cl2N7O5. The monoisotopic (exact) mass is 719 g/mol. The normalized spacial score (nSPS) is 17.4. The van der Waals surface area contributed by atoms with Crippen molar-refractivity contribution in [3.63, 3.8) is 0 Å². The number of hydrogen-bond donors (Lipinski definition) is 2. The molecular weight excluding hydrogens is 681 g/mol. The zero-order valence-corrected chi connectivity index (χ0v) is 29.7. The molecule has 2 atom stereocenters. The van der Waals surface area contributed by atoms with Crippen LogP contribution in [0.3, 0.4) is 0 Å². The Morgan fingerprint density at radius 3 is 2.08 bits per heavy atom. The fraction of sp³-hybridized carbons (Fsp3) is 0.389. The second kappa shape index (κ2) is 16.0. The summed E-state index contributed by atoms with van der Waals surface area (Å²) in [6.45, 7) is 1.97. The lowest BCUT2D eigenvalue weighted by atomic mass is 9.98. The van der Waals surface area contributed by atoms with Crippen LogP contribution in [0.15, 0.2) is 48.8 Å². The summed E-state index contributed by atoms with van der Waals surface area (Å²) in [4.78, 5) is 44.2. The molecule has 262 valence electrons. The van der Waals surface area contributed by atoms with E-state index in [0.717, 1.165) is 49.0 Å². The zero-order chi connectivity index (χ0) is 35.2. The third kappa shape index (κ3) is 7.93. The number of likely N-dealkylation sites (tertiary alicyclic amines) is 1. The molecule has 12 nitrogen and oxygen atoms in total. The highest BCUT2D eigenvalue weighted by Gasteiger charge is 2.26. The molecule has 2 aromatic heterocycles. The van der Waals surface area contributed by atoms with Crippen molar-refractivity contribution >= 4 is 35.2 Å². The number of nitrogens with zero attached hydrogens (tertiary/aromatic N) is 5. The number of carbonyl (C=O) groups excluding carboxylic acids is 2. The predicted octanol–water partition coefficient (Wildman–Crippen LogP) is 6.12. The van der Waals surface area contributed by atoms with E-state index >= 15 is 0 Å². The third-order valence-electron chi connectivity index (χ3n) is 9.05. The highest BCUT2D eigenvalue weighted by molar-refractivity contribution is 6.39. The number of alkyl carbamates (subject to hydrolysis) is 1. The molecule has 0 spiro atoms. The Morgan fingerprint density at radius 1 is 0.900 bits per heavy atom. The number of nitrogens with one attached hydrogen (secondary N) is 2. The van der Waals surface area contributed by atoms with E-state index in [1.165, 1.54) is 7.11 Å². The Labute approximate surface area is 300 Å². The first-order valence-corrected chi connectivity index (χ1v) is 17.3. The van der Waals surface area contributed by atoms with Crippen LogP contribution in [0.4, 0.5) is 4.79 Å². The molecule has 50 heavy (non-hydrogen) atoms. The minimum absolute atomic E-state index is 0.00446. The average molecular weight is 721 g/mol. The van der Waals surface area contributed by atoms with Crippen molar-refractivity contribution in [1.82, 2.24) is 35.5 Å². The van der Waals surface area contributed by atoms with Gasteiger partial charge in [0.2, 0.25) is 17.7 Å². The fourth-order valence-corrected chi connectivity index (χ4v) is 7.13. The van der Waals surface area contributed by atoms with Gasteiger partial charge in [0.1, 0.15) is 11.4 Å². The second-order valence-corrected chi connectivity index (χ2v) is 13.1. The molecule has 14 heteroatoms. The van der Waals surface area contributed by atoms with E-state index in [0.29, 0.717) is 75.9 Å². The summed E-state index contributed by atoms with van der Waals surface area (Å²) in [5, 5.41) is 6.79. The van der Waals surface area contributed by atoms with Crippen LogP contribution < -0.4 is 20.1 Å². The molecule has 2 N–H and O–H groups in total. The summed E-state index contributed by atoms with van der Waals surface area (Å²) in [5.41, 5.74) is 5.37. The number of aryl methyl sites for hydroxylation is 1. The number of hydrogen-bond acceptors (Lipinski definition) is 10. The van der Waals surface area contributed by atoms with Gasteiger partial charge in [-0.05, 0) is 32.1 Å². The lowest BCUT2D eigenvalue weighted by molar-refractivity contribution is -0.119. The van der Waals surface area contributed by atoms with E-state index in [4.69, 9.17) is 52.4 Å². The molecule has 0 saturated carbocycles. The first kappa shape index (κ1) is 35.3. The number of methoxy groups -OCH3 is 3. The smallest absolute Gasteiger partial charge is 0.407 e. The lowest BCUT2D eigenvalue weighted by Crippen LogP contribution is -2.36. The van der Waals surface area contributed by atoms with Crippen LogP contribution in [0.25, 0.3) is 33.6 Å². The van der Waals surface area contributed by atoms with Gasteiger partial charge in [-0.3, -0.25) is 19.7 Å². The molecule has 2 amide bonds. The van der Waals surface area contributed by atoms with Crippen LogP contribution in [0, 0.1) is 0 Å². The van der Waals surface area contributed by atoms with Crippen molar-refractivity contribution in [3.05, 3.63) is 70.2 Å². The Hall–Kier alpha value is -4.52. The van der Waals surface area contributed by atoms with Crippen molar-refractivity contribution in [2.75, 3.05) is 34.4 Å². The number of ether oxygens (including phenoxy) is 3. The summed E-state index contributed by atoms with van der Waals surface area (Å²) in [6.07, 6.45) is 7.65. The highest BCUT2D eigenvalue weighted by Crippen LogP contribution is 2.42. The summed E-state index contributed by atoms with van der Waals surface area (Å²) < 4.78 is 16.0. The van der Waals surface area contributed by atoms with Gasteiger partial charge in [0.05, 0.1) is 55.2 Å². The van der Waals surface area contributed by atoms with Crippen LogP contribution in [0.1, 0.15) is 43.5 Å². The number of carbonyl (C=O) groups is 2. The minimum atomic E-state index is -0.437. The van der Waals surface area contributed by atoms with Gasteiger partial charge in [-0.1, -0.05) is 59.6 Å². The first-order valence-electron chi connectivity index (χ1n) is 16.5.